The quantitative estimate of drug-likeness (QED) is 0.221. The van der Waals surface area contributed by atoms with E-state index in [2.05, 4.69) is 58.0 Å². The van der Waals surface area contributed by atoms with Crippen LogP contribution in [0.5, 0.6) is 11.5 Å². The van der Waals surface area contributed by atoms with Gasteiger partial charge in [-0.25, -0.2) is 0 Å². The van der Waals surface area contributed by atoms with Gasteiger partial charge in [-0.05, 0) is 59.3 Å². The van der Waals surface area contributed by atoms with Crippen LogP contribution in [0.25, 0.3) is 5.57 Å². The molecule has 1 aliphatic rings. The molecule has 216 valence electrons. The summed E-state index contributed by atoms with van der Waals surface area (Å²) in [6.07, 6.45) is 8.84. The van der Waals surface area contributed by atoms with Crippen molar-refractivity contribution in [3.8, 4) is 17.6 Å². The fraction of sp³-hybridized carbons (Fsp3) is 0.447. The fourth-order valence-corrected chi connectivity index (χ4v) is 6.63. The summed E-state index contributed by atoms with van der Waals surface area (Å²) < 4.78 is 0. The Balaban J connectivity index is 2.00. The zero-order valence-corrected chi connectivity index (χ0v) is 25.4. The Morgan fingerprint density at radius 3 is 1.95 bits per heavy atom. The molecular formula is C38H47NO2. The first kappa shape index (κ1) is 30.4. The zero-order valence-electron chi connectivity index (χ0n) is 25.4. The van der Waals surface area contributed by atoms with Crippen LogP contribution in [-0.4, -0.2) is 10.2 Å². The predicted molar refractivity (Wildman–Crippen MR) is 170 cm³/mol. The molecule has 2 N–H and O–H groups in total. The summed E-state index contributed by atoms with van der Waals surface area (Å²) in [6.45, 7) is 9.05. The maximum atomic E-state index is 12.2. The van der Waals surface area contributed by atoms with Crippen LogP contribution in [-0.2, 0) is 12.8 Å². The van der Waals surface area contributed by atoms with E-state index in [9.17, 15) is 15.5 Å². The molecule has 1 aliphatic carbocycles. The third-order valence-electron chi connectivity index (χ3n) is 9.23. The largest absolute Gasteiger partial charge is 0.507 e. The van der Waals surface area contributed by atoms with Crippen LogP contribution in [0.4, 0.5) is 0 Å². The van der Waals surface area contributed by atoms with Crippen LogP contribution >= 0.6 is 0 Å². The number of aromatic hydroxyl groups is 2. The third kappa shape index (κ3) is 7.23. The van der Waals surface area contributed by atoms with Crippen LogP contribution in [0.3, 0.4) is 0 Å². The second-order valence-electron chi connectivity index (χ2n) is 12.3. The number of nitrogens with zero attached hydrogens (tertiary/aromatic N) is 1. The summed E-state index contributed by atoms with van der Waals surface area (Å²) in [5.74, 6) is 1.39. The molecule has 3 nitrogen and oxygen atoms in total. The average Bonchev–Trinajstić information content (AvgIpc) is 2.98. The molecule has 0 aliphatic heterocycles. The Kier molecular flexibility index (Phi) is 10.7. The molecule has 0 saturated heterocycles. The van der Waals surface area contributed by atoms with Crippen LogP contribution in [0.1, 0.15) is 118 Å². The fourth-order valence-electron chi connectivity index (χ4n) is 6.63. The van der Waals surface area contributed by atoms with Crippen molar-refractivity contribution < 1.29 is 10.2 Å². The maximum Gasteiger partial charge on any atom is 0.130 e. The van der Waals surface area contributed by atoms with Crippen LogP contribution in [0, 0.1) is 23.2 Å². The molecule has 0 fully saturated rings. The molecule has 4 rings (SSSR count). The van der Waals surface area contributed by atoms with Crippen molar-refractivity contribution in [2.24, 2.45) is 11.8 Å². The van der Waals surface area contributed by atoms with E-state index >= 15 is 0 Å². The van der Waals surface area contributed by atoms with Gasteiger partial charge in [-0.1, -0.05) is 120 Å². The molecule has 0 bridgehead atoms. The van der Waals surface area contributed by atoms with Gasteiger partial charge in [0.05, 0.1) is 18.1 Å². The Hall–Kier alpha value is -3.51. The van der Waals surface area contributed by atoms with E-state index in [0.717, 1.165) is 64.6 Å². The predicted octanol–water partition coefficient (Wildman–Crippen LogP) is 10.1. The van der Waals surface area contributed by atoms with Crippen molar-refractivity contribution in [3.63, 3.8) is 0 Å². The van der Waals surface area contributed by atoms with Crippen molar-refractivity contribution >= 4 is 5.57 Å². The lowest BCUT2D eigenvalue weighted by Gasteiger charge is -2.31. The number of hydrogen-bond acceptors (Lipinski definition) is 3. The second-order valence-corrected chi connectivity index (χ2v) is 12.3. The van der Waals surface area contributed by atoms with Gasteiger partial charge in [-0.15, -0.1) is 0 Å². The van der Waals surface area contributed by atoms with Gasteiger partial charge in [-0.2, -0.15) is 5.26 Å². The molecule has 0 heterocycles. The molecule has 3 unspecified atom stereocenters. The highest BCUT2D eigenvalue weighted by Crippen LogP contribution is 2.51. The van der Waals surface area contributed by atoms with E-state index in [1.807, 2.05) is 36.4 Å². The summed E-state index contributed by atoms with van der Waals surface area (Å²) in [4.78, 5) is 0. The molecule has 3 aromatic rings. The first-order chi connectivity index (χ1) is 19.8. The Bertz CT molecular complexity index is 1300. The maximum absolute atomic E-state index is 12.2. The summed E-state index contributed by atoms with van der Waals surface area (Å²) in [6, 6.07) is 23.0. The normalized spacial score (nSPS) is 16.8. The Labute approximate surface area is 247 Å². The van der Waals surface area contributed by atoms with Crippen molar-refractivity contribution in [2.45, 2.75) is 97.8 Å². The molecule has 41 heavy (non-hydrogen) atoms. The van der Waals surface area contributed by atoms with Crippen LogP contribution in [0.15, 0.2) is 66.2 Å². The minimum Gasteiger partial charge on any atom is -0.507 e. The number of unbranched alkanes of at least 4 members (excludes halogenated alkanes) is 2. The Morgan fingerprint density at radius 1 is 0.878 bits per heavy atom. The van der Waals surface area contributed by atoms with Crippen molar-refractivity contribution in [3.05, 3.63) is 99.6 Å². The standard InChI is InChI=1S/C38H47NO2/c1-5-6-9-14-27(3)28(4)35-33(24-29-15-10-7-11-16-29)37(40)36(32-23-26(2)19-20-31(32)21-22-39)38(41)34(35)25-30-17-12-8-13-18-30/h7-8,10-13,15-18,26-28,40-41H,5-6,9,14,19-21,23-25H2,1-4H3. The first-order valence-corrected chi connectivity index (χ1v) is 15.6. The minimum absolute atomic E-state index is 0.160. The lowest BCUT2D eigenvalue weighted by atomic mass is 9.74. The first-order valence-electron chi connectivity index (χ1n) is 15.6. The van der Waals surface area contributed by atoms with E-state index in [1.165, 1.54) is 19.3 Å². The number of benzene rings is 3. The third-order valence-corrected chi connectivity index (χ3v) is 9.23. The molecular weight excluding hydrogens is 502 g/mol. The van der Waals surface area contributed by atoms with Crippen molar-refractivity contribution in [2.75, 3.05) is 0 Å². The van der Waals surface area contributed by atoms with Gasteiger partial charge in [-0.3, -0.25) is 0 Å². The van der Waals surface area contributed by atoms with E-state index < -0.39 is 0 Å². The molecule has 0 amide bonds. The molecule has 0 spiro atoms. The smallest absolute Gasteiger partial charge is 0.130 e. The summed E-state index contributed by atoms with van der Waals surface area (Å²) in [7, 11) is 0. The average molecular weight is 550 g/mol. The number of phenolic OH excluding ortho intramolecular Hbond substituents is 2. The van der Waals surface area contributed by atoms with Crippen molar-refractivity contribution in [1.82, 2.24) is 0 Å². The molecule has 3 atom stereocenters. The lowest BCUT2D eigenvalue weighted by molar-refractivity contribution is 0.410. The SMILES string of the molecule is CCCCCC(C)C(C)c1c(Cc2ccccc2)c(O)c(C2=C(CC#N)CCC(C)C2)c(O)c1Cc1ccccc1. The van der Waals surface area contributed by atoms with Gasteiger partial charge < -0.3 is 10.2 Å². The van der Waals surface area contributed by atoms with Gasteiger partial charge in [0.2, 0.25) is 0 Å². The molecule has 0 saturated carbocycles. The number of hydrogen-bond donors (Lipinski definition) is 2. The molecule has 3 aromatic carbocycles. The summed E-state index contributed by atoms with van der Waals surface area (Å²) in [5, 5.41) is 34.0. The summed E-state index contributed by atoms with van der Waals surface area (Å²) in [5.41, 5.74) is 7.81. The molecule has 3 heteroatoms. The highest BCUT2D eigenvalue weighted by Gasteiger charge is 2.32. The van der Waals surface area contributed by atoms with Crippen LogP contribution < -0.4 is 0 Å². The zero-order chi connectivity index (χ0) is 29.4. The molecule has 0 aromatic heterocycles. The van der Waals surface area contributed by atoms with E-state index in [0.29, 0.717) is 36.7 Å². The van der Waals surface area contributed by atoms with Gasteiger partial charge in [0.25, 0.3) is 0 Å². The second kappa shape index (κ2) is 14.4. The molecule has 0 radical (unpaired) electrons. The van der Waals surface area contributed by atoms with Crippen molar-refractivity contribution in [1.29, 1.82) is 5.26 Å². The highest BCUT2D eigenvalue weighted by molar-refractivity contribution is 5.82. The minimum atomic E-state index is 0.160. The Morgan fingerprint density at radius 2 is 1.44 bits per heavy atom. The van der Waals surface area contributed by atoms with E-state index in [-0.39, 0.29) is 17.4 Å². The topological polar surface area (TPSA) is 64.2 Å². The summed E-state index contributed by atoms with van der Waals surface area (Å²) >= 11 is 0. The van der Waals surface area contributed by atoms with Gasteiger partial charge in [0, 0.05) is 24.0 Å². The number of allylic oxidation sites excluding steroid dienone is 2. The highest BCUT2D eigenvalue weighted by atomic mass is 16.3. The van der Waals surface area contributed by atoms with Crippen LogP contribution in [0.2, 0.25) is 0 Å². The number of rotatable bonds is 12. The van der Waals surface area contributed by atoms with E-state index in [1.54, 1.807) is 0 Å². The number of phenols is 2. The van der Waals surface area contributed by atoms with Gasteiger partial charge in [0.15, 0.2) is 0 Å². The van der Waals surface area contributed by atoms with Gasteiger partial charge >= 0.3 is 0 Å². The van der Waals surface area contributed by atoms with E-state index in [4.69, 9.17) is 0 Å². The number of nitriles is 1. The van der Waals surface area contributed by atoms with Gasteiger partial charge in [0.1, 0.15) is 11.5 Å². The lowest BCUT2D eigenvalue weighted by Crippen LogP contribution is -2.15. The monoisotopic (exact) mass is 549 g/mol.